The molecule has 0 aromatic heterocycles. The Labute approximate surface area is 104 Å². The van der Waals surface area contributed by atoms with Crippen LogP contribution in [0, 0.1) is 0 Å². The van der Waals surface area contributed by atoms with Gasteiger partial charge in [-0.25, -0.2) is 4.79 Å². The van der Waals surface area contributed by atoms with Crippen molar-refractivity contribution in [1.29, 1.82) is 0 Å². The van der Waals surface area contributed by atoms with Crippen molar-refractivity contribution in [3.05, 3.63) is 12.1 Å². The van der Waals surface area contributed by atoms with E-state index < -0.39 is 0 Å². The quantitative estimate of drug-likeness (QED) is 0.581. The van der Waals surface area contributed by atoms with E-state index in [-0.39, 0.29) is 18.5 Å². The minimum absolute atomic E-state index is 0.0322. The SMILES string of the molecule is CCNC(=O)Nc1cc2c(cc1N)OCC(=O)N2. The van der Waals surface area contributed by atoms with Crippen LogP contribution in [0.2, 0.25) is 0 Å². The Kier molecular flexibility index (Phi) is 3.22. The monoisotopic (exact) mass is 250 g/mol. The second kappa shape index (κ2) is 4.82. The average molecular weight is 250 g/mol. The number of urea groups is 1. The van der Waals surface area contributed by atoms with E-state index in [1.54, 1.807) is 12.1 Å². The first-order chi connectivity index (χ1) is 8.60. The molecule has 0 atom stereocenters. The number of nitrogens with two attached hydrogens (primary N) is 1. The Morgan fingerprint density at radius 3 is 3.06 bits per heavy atom. The number of rotatable bonds is 2. The predicted octanol–water partition coefficient (Wildman–Crippen LogP) is 0.741. The second-order valence-corrected chi connectivity index (χ2v) is 3.76. The van der Waals surface area contributed by atoms with Gasteiger partial charge in [0.15, 0.2) is 6.61 Å². The van der Waals surface area contributed by atoms with Crippen LogP contribution in [0.5, 0.6) is 5.75 Å². The van der Waals surface area contributed by atoms with Gasteiger partial charge in [0, 0.05) is 12.6 Å². The molecule has 7 heteroatoms. The Bertz CT molecular complexity index is 501. The maximum atomic E-state index is 11.4. The van der Waals surface area contributed by atoms with E-state index in [1.165, 1.54) is 0 Å². The number of amides is 3. The van der Waals surface area contributed by atoms with Crippen molar-refractivity contribution in [3.63, 3.8) is 0 Å². The van der Waals surface area contributed by atoms with Crippen molar-refractivity contribution in [2.45, 2.75) is 6.92 Å². The van der Waals surface area contributed by atoms with Crippen LogP contribution in [0.25, 0.3) is 0 Å². The third kappa shape index (κ3) is 2.45. The summed E-state index contributed by atoms with van der Waals surface area (Å²) in [6, 6.07) is 2.78. The van der Waals surface area contributed by atoms with Crippen molar-refractivity contribution in [2.75, 3.05) is 29.5 Å². The lowest BCUT2D eigenvalue weighted by Gasteiger charge is -2.20. The Morgan fingerprint density at radius 1 is 1.56 bits per heavy atom. The zero-order valence-electron chi connectivity index (χ0n) is 9.87. The molecule has 3 amide bonds. The average Bonchev–Trinajstić information content (AvgIpc) is 2.31. The molecule has 7 nitrogen and oxygen atoms in total. The molecule has 0 bridgehead atoms. The van der Waals surface area contributed by atoms with Gasteiger partial charge in [-0.2, -0.15) is 0 Å². The predicted molar refractivity (Wildman–Crippen MR) is 67.7 cm³/mol. The lowest BCUT2D eigenvalue weighted by atomic mass is 10.2. The number of carbonyl (C=O) groups is 2. The van der Waals surface area contributed by atoms with Crippen LogP contribution in [0.3, 0.4) is 0 Å². The maximum Gasteiger partial charge on any atom is 0.319 e. The number of benzene rings is 1. The summed E-state index contributed by atoms with van der Waals surface area (Å²) in [6.07, 6.45) is 0. The molecule has 0 radical (unpaired) electrons. The van der Waals surface area contributed by atoms with Crippen molar-refractivity contribution in [3.8, 4) is 5.75 Å². The highest BCUT2D eigenvalue weighted by Crippen LogP contribution is 2.34. The number of carbonyl (C=O) groups excluding carboxylic acids is 2. The first-order valence-electron chi connectivity index (χ1n) is 5.51. The largest absolute Gasteiger partial charge is 0.482 e. The fourth-order valence-electron chi connectivity index (χ4n) is 1.58. The van der Waals surface area contributed by atoms with Crippen LogP contribution in [0.15, 0.2) is 12.1 Å². The molecule has 1 aromatic rings. The minimum Gasteiger partial charge on any atom is -0.482 e. The van der Waals surface area contributed by atoms with E-state index in [0.717, 1.165) is 0 Å². The lowest BCUT2D eigenvalue weighted by Crippen LogP contribution is -2.29. The zero-order valence-corrected chi connectivity index (χ0v) is 9.87. The molecule has 5 N–H and O–H groups in total. The summed E-state index contributed by atoms with van der Waals surface area (Å²) in [5.41, 5.74) is 7.07. The van der Waals surface area contributed by atoms with Gasteiger partial charge in [0.1, 0.15) is 5.75 Å². The Hall–Kier alpha value is -2.44. The van der Waals surface area contributed by atoms with Crippen LogP contribution >= 0.6 is 0 Å². The second-order valence-electron chi connectivity index (χ2n) is 3.76. The molecular weight excluding hydrogens is 236 g/mol. The van der Waals surface area contributed by atoms with Gasteiger partial charge in [0.05, 0.1) is 17.1 Å². The summed E-state index contributed by atoms with van der Waals surface area (Å²) in [4.78, 5) is 22.6. The van der Waals surface area contributed by atoms with Gasteiger partial charge in [-0.15, -0.1) is 0 Å². The maximum absolute atomic E-state index is 11.4. The van der Waals surface area contributed by atoms with Gasteiger partial charge < -0.3 is 26.4 Å². The number of hydrogen-bond donors (Lipinski definition) is 4. The molecule has 1 heterocycles. The molecule has 18 heavy (non-hydrogen) atoms. The first kappa shape index (κ1) is 12.0. The summed E-state index contributed by atoms with van der Waals surface area (Å²) in [5, 5.41) is 7.82. The van der Waals surface area contributed by atoms with Crippen LogP contribution in [0.1, 0.15) is 6.92 Å². The van der Waals surface area contributed by atoms with Gasteiger partial charge in [-0.1, -0.05) is 0 Å². The van der Waals surface area contributed by atoms with Gasteiger partial charge in [-0.05, 0) is 13.0 Å². The molecule has 0 aliphatic carbocycles. The van der Waals surface area contributed by atoms with Gasteiger partial charge in [0.2, 0.25) is 0 Å². The summed E-state index contributed by atoms with van der Waals surface area (Å²) >= 11 is 0. The molecule has 0 spiro atoms. The van der Waals surface area contributed by atoms with Crippen LogP contribution in [-0.2, 0) is 4.79 Å². The van der Waals surface area contributed by atoms with Crippen molar-refractivity contribution < 1.29 is 14.3 Å². The minimum atomic E-state index is -0.354. The van der Waals surface area contributed by atoms with Crippen LogP contribution < -0.4 is 26.4 Å². The Morgan fingerprint density at radius 2 is 2.33 bits per heavy atom. The fraction of sp³-hybridized carbons (Fsp3) is 0.273. The fourth-order valence-corrected chi connectivity index (χ4v) is 1.58. The van der Waals surface area contributed by atoms with E-state index in [4.69, 9.17) is 10.5 Å². The van der Waals surface area contributed by atoms with Gasteiger partial charge in [0.25, 0.3) is 5.91 Å². The number of anilines is 3. The molecule has 1 aliphatic rings. The third-order valence-corrected chi connectivity index (χ3v) is 2.37. The summed E-state index contributed by atoms with van der Waals surface area (Å²) < 4.78 is 5.20. The number of hydrogen-bond acceptors (Lipinski definition) is 4. The molecule has 0 fully saturated rings. The smallest absolute Gasteiger partial charge is 0.319 e. The number of ether oxygens (including phenoxy) is 1. The lowest BCUT2D eigenvalue weighted by molar-refractivity contribution is -0.118. The van der Waals surface area contributed by atoms with Crippen LogP contribution in [0.4, 0.5) is 21.9 Å². The van der Waals surface area contributed by atoms with E-state index in [1.807, 2.05) is 6.92 Å². The van der Waals surface area contributed by atoms with Crippen molar-refractivity contribution in [1.82, 2.24) is 5.32 Å². The summed E-state index contributed by atoms with van der Waals surface area (Å²) in [7, 11) is 0. The van der Waals surface area contributed by atoms with Gasteiger partial charge >= 0.3 is 6.03 Å². The molecule has 96 valence electrons. The van der Waals surface area contributed by atoms with Crippen molar-refractivity contribution >= 4 is 29.0 Å². The van der Waals surface area contributed by atoms with Crippen molar-refractivity contribution in [2.24, 2.45) is 0 Å². The number of nitrogens with one attached hydrogen (secondary N) is 3. The Balaban J connectivity index is 2.24. The topological polar surface area (TPSA) is 105 Å². The van der Waals surface area contributed by atoms with Gasteiger partial charge in [-0.3, -0.25) is 4.79 Å². The first-order valence-corrected chi connectivity index (χ1v) is 5.51. The summed E-state index contributed by atoms with van der Waals surface area (Å²) in [5.74, 6) is 0.254. The standard InChI is InChI=1S/C11H14N4O3/c1-2-13-11(17)15-7-4-8-9(3-6(7)12)18-5-10(16)14-8/h3-4H,2,5,12H2,1H3,(H,14,16)(H2,13,15,17). The van der Waals surface area contributed by atoms with E-state index >= 15 is 0 Å². The van der Waals surface area contributed by atoms with E-state index in [0.29, 0.717) is 29.4 Å². The molecule has 1 aliphatic heterocycles. The molecule has 0 unspecified atom stereocenters. The number of fused-ring (bicyclic) bond motifs is 1. The highest BCUT2D eigenvalue weighted by atomic mass is 16.5. The highest BCUT2D eigenvalue weighted by molar-refractivity contribution is 5.99. The summed E-state index contributed by atoms with van der Waals surface area (Å²) in [6.45, 7) is 2.29. The molecule has 0 saturated heterocycles. The number of nitrogen functional groups attached to an aromatic ring is 1. The van der Waals surface area contributed by atoms with E-state index in [9.17, 15) is 9.59 Å². The normalized spacial score (nSPS) is 13.1. The molecule has 1 aromatic carbocycles. The molecule has 0 saturated carbocycles. The molecular formula is C11H14N4O3. The molecule has 2 rings (SSSR count). The van der Waals surface area contributed by atoms with Crippen LogP contribution in [-0.4, -0.2) is 25.1 Å². The van der Waals surface area contributed by atoms with E-state index in [2.05, 4.69) is 16.0 Å². The third-order valence-electron chi connectivity index (χ3n) is 2.37. The zero-order chi connectivity index (χ0) is 13.1. The highest BCUT2D eigenvalue weighted by Gasteiger charge is 2.18.